The zero-order chi connectivity index (χ0) is 17.2. The minimum atomic E-state index is -0.172. The van der Waals surface area contributed by atoms with Gasteiger partial charge in [-0.05, 0) is 23.6 Å². The molecule has 1 atom stereocenters. The molecule has 0 saturated carbocycles. The van der Waals surface area contributed by atoms with Gasteiger partial charge in [-0.3, -0.25) is 9.69 Å². The second kappa shape index (κ2) is 6.73. The SMILES string of the molecule is COC(=O)CC1c2[nH]c3ccccc3c2CCN1Cc1ccccc1. The summed E-state index contributed by atoms with van der Waals surface area (Å²) in [5.41, 5.74) is 4.91. The molecule has 0 aliphatic carbocycles. The zero-order valence-electron chi connectivity index (χ0n) is 14.4. The van der Waals surface area contributed by atoms with E-state index in [2.05, 4.69) is 52.3 Å². The van der Waals surface area contributed by atoms with Gasteiger partial charge in [0, 0.05) is 29.7 Å². The molecule has 1 unspecified atom stereocenters. The number of carbonyl (C=O) groups excluding carboxylic acids is 1. The monoisotopic (exact) mass is 334 g/mol. The van der Waals surface area contributed by atoms with Crippen LogP contribution in [0, 0.1) is 0 Å². The lowest BCUT2D eigenvalue weighted by Gasteiger charge is -2.35. The Morgan fingerprint density at radius 2 is 1.92 bits per heavy atom. The van der Waals surface area contributed by atoms with Gasteiger partial charge in [-0.2, -0.15) is 0 Å². The van der Waals surface area contributed by atoms with E-state index in [1.807, 2.05) is 12.1 Å². The standard InChI is InChI=1S/C21H22N2O2/c1-25-20(24)13-19-21-17(16-9-5-6-10-18(16)22-21)11-12-23(19)14-15-7-3-2-4-8-15/h2-10,19,22H,11-14H2,1H3. The molecule has 4 nitrogen and oxygen atoms in total. The molecule has 1 aromatic heterocycles. The highest BCUT2D eigenvalue weighted by molar-refractivity contribution is 5.85. The molecular formula is C21H22N2O2. The summed E-state index contributed by atoms with van der Waals surface area (Å²) in [5.74, 6) is -0.172. The fourth-order valence-electron chi connectivity index (χ4n) is 3.85. The molecule has 0 spiro atoms. The van der Waals surface area contributed by atoms with Gasteiger partial charge in [-0.1, -0.05) is 48.5 Å². The number of methoxy groups -OCH3 is 1. The Labute approximate surface area is 147 Å². The highest BCUT2D eigenvalue weighted by atomic mass is 16.5. The van der Waals surface area contributed by atoms with Crippen LogP contribution in [0.25, 0.3) is 10.9 Å². The van der Waals surface area contributed by atoms with Crippen LogP contribution in [0.15, 0.2) is 54.6 Å². The molecule has 0 radical (unpaired) electrons. The van der Waals surface area contributed by atoms with Crippen molar-refractivity contribution in [1.29, 1.82) is 0 Å². The summed E-state index contributed by atoms with van der Waals surface area (Å²) in [7, 11) is 1.46. The topological polar surface area (TPSA) is 45.3 Å². The predicted octanol–water partition coefficient (Wildman–Crippen LogP) is 3.83. The maximum Gasteiger partial charge on any atom is 0.307 e. The van der Waals surface area contributed by atoms with E-state index in [0.29, 0.717) is 6.42 Å². The van der Waals surface area contributed by atoms with Gasteiger partial charge >= 0.3 is 5.97 Å². The van der Waals surface area contributed by atoms with Gasteiger partial charge in [0.15, 0.2) is 0 Å². The number of hydrogen-bond acceptors (Lipinski definition) is 3. The molecule has 2 heterocycles. The predicted molar refractivity (Wildman–Crippen MR) is 98.2 cm³/mol. The molecule has 3 aromatic rings. The van der Waals surface area contributed by atoms with Crippen LogP contribution in [0.5, 0.6) is 0 Å². The van der Waals surface area contributed by atoms with Crippen molar-refractivity contribution < 1.29 is 9.53 Å². The van der Waals surface area contributed by atoms with Gasteiger partial charge in [0.25, 0.3) is 0 Å². The summed E-state index contributed by atoms with van der Waals surface area (Å²) in [6.45, 7) is 1.77. The van der Waals surface area contributed by atoms with E-state index in [-0.39, 0.29) is 12.0 Å². The summed E-state index contributed by atoms with van der Waals surface area (Å²) in [6.07, 6.45) is 1.35. The Morgan fingerprint density at radius 3 is 2.72 bits per heavy atom. The smallest absolute Gasteiger partial charge is 0.307 e. The van der Waals surface area contributed by atoms with Crippen LogP contribution in [0.2, 0.25) is 0 Å². The van der Waals surface area contributed by atoms with Crippen LogP contribution in [0.3, 0.4) is 0 Å². The van der Waals surface area contributed by atoms with Crippen LogP contribution < -0.4 is 0 Å². The van der Waals surface area contributed by atoms with Gasteiger partial charge in [-0.25, -0.2) is 0 Å². The van der Waals surface area contributed by atoms with E-state index in [1.165, 1.54) is 23.6 Å². The number of aromatic nitrogens is 1. The van der Waals surface area contributed by atoms with Gasteiger partial charge in [0.1, 0.15) is 0 Å². The van der Waals surface area contributed by atoms with Gasteiger partial charge in [0.2, 0.25) is 0 Å². The number of hydrogen-bond donors (Lipinski definition) is 1. The number of H-pyrrole nitrogens is 1. The Kier molecular flexibility index (Phi) is 4.28. The van der Waals surface area contributed by atoms with E-state index in [0.717, 1.165) is 30.7 Å². The first-order chi connectivity index (χ1) is 12.3. The fourth-order valence-corrected chi connectivity index (χ4v) is 3.85. The number of fused-ring (bicyclic) bond motifs is 3. The van der Waals surface area contributed by atoms with Gasteiger partial charge < -0.3 is 9.72 Å². The minimum Gasteiger partial charge on any atom is -0.469 e. The molecule has 2 aromatic carbocycles. The van der Waals surface area contributed by atoms with Crippen molar-refractivity contribution in [3.05, 3.63) is 71.4 Å². The first-order valence-corrected chi connectivity index (χ1v) is 8.70. The number of nitrogens with zero attached hydrogens (tertiary/aromatic N) is 1. The molecule has 1 aliphatic rings. The third-order valence-electron chi connectivity index (χ3n) is 5.09. The molecule has 1 N–H and O–H groups in total. The second-order valence-electron chi connectivity index (χ2n) is 6.56. The summed E-state index contributed by atoms with van der Waals surface area (Å²) in [5, 5.41) is 1.27. The minimum absolute atomic E-state index is 0.0174. The van der Waals surface area contributed by atoms with Crippen molar-refractivity contribution in [1.82, 2.24) is 9.88 Å². The highest BCUT2D eigenvalue weighted by Crippen LogP contribution is 2.37. The van der Waals surface area contributed by atoms with Crippen LogP contribution in [0.1, 0.15) is 29.3 Å². The van der Waals surface area contributed by atoms with Crippen molar-refractivity contribution in [2.24, 2.45) is 0 Å². The fraction of sp³-hybridized carbons (Fsp3) is 0.286. The molecular weight excluding hydrogens is 312 g/mol. The van der Waals surface area contributed by atoms with E-state index in [1.54, 1.807) is 0 Å². The molecule has 25 heavy (non-hydrogen) atoms. The number of rotatable bonds is 4. The molecule has 0 fully saturated rings. The van der Waals surface area contributed by atoms with Crippen LogP contribution in [0.4, 0.5) is 0 Å². The molecule has 4 rings (SSSR count). The average Bonchev–Trinajstić information content (AvgIpc) is 3.03. The molecule has 4 heteroatoms. The zero-order valence-corrected chi connectivity index (χ0v) is 14.4. The maximum atomic E-state index is 12.0. The van der Waals surface area contributed by atoms with Gasteiger partial charge in [-0.15, -0.1) is 0 Å². The lowest BCUT2D eigenvalue weighted by atomic mass is 9.94. The first-order valence-electron chi connectivity index (χ1n) is 8.70. The van der Waals surface area contributed by atoms with E-state index in [4.69, 9.17) is 4.74 Å². The van der Waals surface area contributed by atoms with Crippen LogP contribution in [-0.2, 0) is 22.5 Å². The van der Waals surface area contributed by atoms with Gasteiger partial charge in [0.05, 0.1) is 19.6 Å². The van der Waals surface area contributed by atoms with Crippen molar-refractivity contribution in [3.8, 4) is 0 Å². The summed E-state index contributed by atoms with van der Waals surface area (Å²) < 4.78 is 4.96. The quantitative estimate of drug-likeness (QED) is 0.738. The number of ether oxygens (including phenoxy) is 1. The molecule has 0 bridgehead atoms. The number of aromatic amines is 1. The largest absolute Gasteiger partial charge is 0.469 e. The first kappa shape index (κ1) is 15.9. The van der Waals surface area contributed by atoms with E-state index in [9.17, 15) is 4.79 Å². The Morgan fingerprint density at radius 1 is 1.16 bits per heavy atom. The third-order valence-corrected chi connectivity index (χ3v) is 5.09. The van der Waals surface area contributed by atoms with Crippen molar-refractivity contribution in [2.45, 2.75) is 25.4 Å². The summed E-state index contributed by atoms with van der Waals surface area (Å²) in [4.78, 5) is 18.0. The number of nitrogens with one attached hydrogen (secondary N) is 1. The van der Waals surface area contributed by atoms with Crippen molar-refractivity contribution in [2.75, 3.05) is 13.7 Å². The average molecular weight is 334 g/mol. The summed E-state index contributed by atoms with van der Waals surface area (Å²) >= 11 is 0. The number of benzene rings is 2. The van der Waals surface area contributed by atoms with Crippen LogP contribution >= 0.6 is 0 Å². The van der Waals surface area contributed by atoms with E-state index >= 15 is 0 Å². The third kappa shape index (κ3) is 3.05. The normalized spacial score (nSPS) is 17.4. The second-order valence-corrected chi connectivity index (χ2v) is 6.56. The highest BCUT2D eigenvalue weighted by Gasteiger charge is 2.32. The Balaban J connectivity index is 1.72. The Bertz CT molecular complexity index is 885. The lowest BCUT2D eigenvalue weighted by molar-refractivity contribution is -0.142. The number of esters is 1. The molecule has 0 saturated heterocycles. The number of para-hydroxylation sites is 1. The maximum absolute atomic E-state index is 12.0. The van der Waals surface area contributed by atoms with Crippen molar-refractivity contribution in [3.63, 3.8) is 0 Å². The van der Waals surface area contributed by atoms with Crippen LogP contribution in [-0.4, -0.2) is 29.5 Å². The molecule has 1 aliphatic heterocycles. The van der Waals surface area contributed by atoms with Crippen molar-refractivity contribution >= 4 is 16.9 Å². The molecule has 0 amide bonds. The Hall–Kier alpha value is -2.59. The molecule has 128 valence electrons. The van der Waals surface area contributed by atoms with E-state index < -0.39 is 0 Å². The number of carbonyl (C=O) groups is 1. The summed E-state index contributed by atoms with van der Waals surface area (Å²) in [6, 6.07) is 18.8. The lowest BCUT2D eigenvalue weighted by Crippen LogP contribution is -2.36.